The zero-order chi connectivity index (χ0) is 26.7. The second-order valence-corrected chi connectivity index (χ2v) is 15.9. The lowest BCUT2D eigenvalue weighted by Crippen LogP contribution is -2.67. The number of hydrogen-bond acceptors (Lipinski definition) is 4. The van der Waals surface area contributed by atoms with Gasteiger partial charge in [-0.1, -0.05) is 81.4 Å². The van der Waals surface area contributed by atoms with Crippen LogP contribution in [-0.4, -0.2) is 68.0 Å². The summed E-state index contributed by atoms with van der Waals surface area (Å²) in [5, 5.41) is 2.15. The molecule has 0 N–H and O–H groups in total. The van der Waals surface area contributed by atoms with Crippen molar-refractivity contribution in [2.75, 3.05) is 20.1 Å². The molecule has 0 unspecified atom stereocenters. The highest BCUT2D eigenvalue weighted by Crippen LogP contribution is 2.39. The third-order valence-corrected chi connectivity index (χ3v) is 11.9. The van der Waals surface area contributed by atoms with Crippen molar-refractivity contribution in [3.8, 4) is 0 Å². The van der Waals surface area contributed by atoms with Crippen LogP contribution in [-0.2, 0) is 14.0 Å². The topological polar surface area (TPSA) is 59.1 Å². The number of rotatable bonds is 6. The summed E-state index contributed by atoms with van der Waals surface area (Å²) >= 11 is 0. The fourth-order valence-corrected chi connectivity index (χ4v) is 9.68. The SMILES string of the molecule is CCN(C)C(=O)[C@@H]1C[C@@H](O[Si](c2ccccc2)(c2ccccc2)C(C)(C)C)CN1C(=O)OC(C)(C)C. The summed E-state index contributed by atoms with van der Waals surface area (Å²) in [5.41, 5.74) is -0.654. The van der Waals surface area contributed by atoms with Gasteiger partial charge in [0.05, 0.1) is 6.10 Å². The van der Waals surface area contributed by atoms with E-state index in [1.807, 2.05) is 39.8 Å². The summed E-state index contributed by atoms with van der Waals surface area (Å²) < 4.78 is 13.0. The molecule has 0 saturated carbocycles. The van der Waals surface area contributed by atoms with E-state index in [4.69, 9.17) is 9.16 Å². The van der Waals surface area contributed by atoms with Gasteiger partial charge in [0.15, 0.2) is 0 Å². The molecule has 196 valence electrons. The van der Waals surface area contributed by atoms with Gasteiger partial charge in [-0.05, 0) is 43.1 Å². The standard InChI is InChI=1S/C29H42N2O4Si/c1-9-30(8)26(32)25-20-22(21-31(25)27(33)34-28(2,3)4)35-36(29(5,6)7,23-16-12-10-13-17-23)24-18-14-11-15-19-24/h10-19,22,25H,9,20-21H2,1-8H3/t22-,25+/m1/s1. The maximum Gasteiger partial charge on any atom is 0.411 e. The molecule has 2 atom stereocenters. The van der Waals surface area contributed by atoms with Gasteiger partial charge in [-0.15, -0.1) is 0 Å². The van der Waals surface area contributed by atoms with E-state index in [1.165, 1.54) is 10.4 Å². The van der Waals surface area contributed by atoms with Crippen LogP contribution in [0.4, 0.5) is 4.79 Å². The average molecular weight is 511 g/mol. The smallest absolute Gasteiger partial charge is 0.411 e. The first-order chi connectivity index (χ1) is 16.8. The largest absolute Gasteiger partial charge is 0.444 e. The van der Waals surface area contributed by atoms with E-state index in [1.54, 1.807) is 16.8 Å². The van der Waals surface area contributed by atoms with Gasteiger partial charge in [0.1, 0.15) is 11.6 Å². The van der Waals surface area contributed by atoms with E-state index in [2.05, 4.69) is 69.3 Å². The highest BCUT2D eigenvalue weighted by molar-refractivity contribution is 6.99. The van der Waals surface area contributed by atoms with Crippen molar-refractivity contribution in [1.29, 1.82) is 0 Å². The number of carbonyl (C=O) groups is 2. The highest BCUT2D eigenvalue weighted by atomic mass is 28.4. The molecule has 1 saturated heterocycles. The number of benzene rings is 2. The molecule has 0 radical (unpaired) electrons. The van der Waals surface area contributed by atoms with Crippen LogP contribution in [0, 0.1) is 0 Å². The Bertz CT molecular complexity index is 991. The van der Waals surface area contributed by atoms with E-state index < -0.39 is 26.1 Å². The molecule has 1 fully saturated rings. The molecule has 7 heteroatoms. The van der Waals surface area contributed by atoms with Crippen molar-refractivity contribution in [2.24, 2.45) is 0 Å². The van der Waals surface area contributed by atoms with E-state index in [0.29, 0.717) is 19.5 Å². The fourth-order valence-electron chi connectivity index (χ4n) is 4.99. The second kappa shape index (κ2) is 10.8. The van der Waals surface area contributed by atoms with Crippen LogP contribution in [0.2, 0.25) is 5.04 Å². The predicted octanol–water partition coefficient (Wildman–Crippen LogP) is 4.42. The van der Waals surface area contributed by atoms with Crippen molar-refractivity contribution in [3.63, 3.8) is 0 Å². The summed E-state index contributed by atoms with van der Waals surface area (Å²) in [6.45, 7) is 15.0. The minimum atomic E-state index is -2.83. The van der Waals surface area contributed by atoms with Gasteiger partial charge < -0.3 is 14.1 Å². The number of nitrogens with zero attached hydrogens (tertiary/aromatic N) is 2. The number of carbonyl (C=O) groups excluding carboxylic acids is 2. The van der Waals surface area contributed by atoms with E-state index in [-0.39, 0.29) is 17.0 Å². The Balaban J connectivity index is 2.06. The zero-order valence-electron chi connectivity index (χ0n) is 23.1. The van der Waals surface area contributed by atoms with Crippen LogP contribution in [0.5, 0.6) is 0 Å². The van der Waals surface area contributed by atoms with Crippen LogP contribution in [0.1, 0.15) is 54.9 Å². The van der Waals surface area contributed by atoms with E-state index in [0.717, 1.165) is 0 Å². The van der Waals surface area contributed by atoms with Crippen LogP contribution >= 0.6 is 0 Å². The molecule has 0 aliphatic carbocycles. The summed E-state index contributed by atoms with van der Waals surface area (Å²) in [5.74, 6) is -0.0862. The molecule has 36 heavy (non-hydrogen) atoms. The average Bonchev–Trinajstić information content (AvgIpc) is 3.25. The Morgan fingerprint density at radius 1 is 0.944 bits per heavy atom. The Kier molecular flexibility index (Phi) is 8.36. The first kappa shape index (κ1) is 27.9. The minimum absolute atomic E-state index is 0.0862. The van der Waals surface area contributed by atoms with Crippen LogP contribution in [0.15, 0.2) is 60.7 Å². The second-order valence-electron chi connectivity index (χ2n) is 11.6. The van der Waals surface area contributed by atoms with Crippen molar-refractivity contribution in [3.05, 3.63) is 60.7 Å². The van der Waals surface area contributed by atoms with Crippen LogP contribution in [0.25, 0.3) is 0 Å². The zero-order valence-corrected chi connectivity index (χ0v) is 24.1. The van der Waals surface area contributed by atoms with E-state index >= 15 is 0 Å². The predicted molar refractivity (Wildman–Crippen MR) is 147 cm³/mol. The highest BCUT2D eigenvalue weighted by Gasteiger charge is 2.54. The quantitative estimate of drug-likeness (QED) is 0.540. The van der Waals surface area contributed by atoms with Gasteiger partial charge in [0, 0.05) is 26.6 Å². The molecule has 1 aliphatic rings. The first-order valence-corrected chi connectivity index (χ1v) is 14.7. The maximum atomic E-state index is 13.3. The Morgan fingerprint density at radius 3 is 1.86 bits per heavy atom. The Morgan fingerprint density at radius 2 is 1.44 bits per heavy atom. The number of amides is 2. The van der Waals surface area contributed by atoms with Crippen molar-refractivity contribution in [1.82, 2.24) is 9.80 Å². The summed E-state index contributed by atoms with van der Waals surface area (Å²) in [4.78, 5) is 29.8. The van der Waals surface area contributed by atoms with Crippen molar-refractivity contribution < 1.29 is 18.8 Å². The van der Waals surface area contributed by atoms with Crippen LogP contribution in [0.3, 0.4) is 0 Å². The molecule has 1 aliphatic heterocycles. The molecule has 0 bridgehead atoms. The molecular formula is C29H42N2O4Si. The summed E-state index contributed by atoms with van der Waals surface area (Å²) in [6, 6.07) is 20.2. The Labute approximate surface area is 217 Å². The van der Waals surface area contributed by atoms with E-state index in [9.17, 15) is 9.59 Å². The minimum Gasteiger partial charge on any atom is -0.444 e. The van der Waals surface area contributed by atoms with Gasteiger partial charge in [-0.25, -0.2) is 4.79 Å². The lowest BCUT2D eigenvalue weighted by atomic mass is 10.1. The molecule has 0 aromatic heterocycles. The summed E-state index contributed by atoms with van der Waals surface area (Å²) in [7, 11) is -1.06. The molecule has 6 nitrogen and oxygen atoms in total. The number of likely N-dealkylation sites (tertiary alicyclic amines) is 1. The van der Waals surface area contributed by atoms with Gasteiger partial charge in [-0.3, -0.25) is 9.69 Å². The molecular weight excluding hydrogens is 468 g/mol. The summed E-state index contributed by atoms with van der Waals surface area (Å²) in [6.07, 6.45) is -0.339. The number of hydrogen-bond donors (Lipinski definition) is 0. The van der Waals surface area contributed by atoms with Gasteiger partial charge >= 0.3 is 6.09 Å². The van der Waals surface area contributed by atoms with Gasteiger partial charge in [0.2, 0.25) is 5.91 Å². The van der Waals surface area contributed by atoms with Gasteiger partial charge in [0.25, 0.3) is 8.32 Å². The molecule has 0 spiro atoms. The van der Waals surface area contributed by atoms with Crippen molar-refractivity contribution >= 4 is 30.7 Å². The number of ether oxygens (including phenoxy) is 1. The normalized spacial score (nSPS) is 18.7. The third-order valence-electron chi connectivity index (χ3n) is 6.79. The van der Waals surface area contributed by atoms with Gasteiger partial charge in [-0.2, -0.15) is 0 Å². The lowest BCUT2D eigenvalue weighted by Gasteiger charge is -2.44. The first-order valence-electron chi connectivity index (χ1n) is 12.8. The molecule has 3 rings (SSSR count). The molecule has 2 aromatic carbocycles. The monoisotopic (exact) mass is 510 g/mol. The Hall–Kier alpha value is -2.64. The molecule has 2 amide bonds. The fraction of sp³-hybridized carbons (Fsp3) is 0.517. The number of likely N-dealkylation sites (N-methyl/N-ethyl adjacent to an activating group) is 1. The molecule has 1 heterocycles. The molecule has 2 aromatic rings. The third kappa shape index (κ3) is 5.84. The maximum absolute atomic E-state index is 13.3. The van der Waals surface area contributed by atoms with Crippen LogP contribution < -0.4 is 10.4 Å². The lowest BCUT2D eigenvalue weighted by molar-refractivity contribution is -0.134. The van der Waals surface area contributed by atoms with Crippen molar-refractivity contribution in [2.45, 2.75) is 77.7 Å².